The highest BCUT2D eigenvalue weighted by Gasteiger charge is 2.31. The molecule has 1 fully saturated rings. The van der Waals surface area contributed by atoms with Gasteiger partial charge in [-0.1, -0.05) is 30.3 Å². The molecule has 140 valence electrons. The van der Waals surface area contributed by atoms with Gasteiger partial charge in [0.05, 0.1) is 0 Å². The first-order valence-electron chi connectivity index (χ1n) is 9.06. The van der Waals surface area contributed by atoms with E-state index >= 15 is 0 Å². The fourth-order valence-corrected chi connectivity index (χ4v) is 4.91. The zero-order chi connectivity index (χ0) is 17.2. The molecule has 2 aliphatic heterocycles. The summed E-state index contributed by atoms with van der Waals surface area (Å²) >= 11 is 1.81. The summed E-state index contributed by atoms with van der Waals surface area (Å²) in [7, 11) is 0. The van der Waals surface area contributed by atoms with Crippen LogP contribution < -0.4 is 5.73 Å². The molecule has 0 spiro atoms. The minimum absolute atomic E-state index is 0. The van der Waals surface area contributed by atoms with Crippen molar-refractivity contribution in [3.8, 4) is 0 Å². The van der Waals surface area contributed by atoms with E-state index in [0.29, 0.717) is 12.3 Å². The maximum atomic E-state index is 12.6. The van der Waals surface area contributed by atoms with E-state index < -0.39 is 0 Å². The summed E-state index contributed by atoms with van der Waals surface area (Å²) in [5.41, 5.74) is 9.00. The number of nitrogens with two attached hydrogens (primary N) is 1. The van der Waals surface area contributed by atoms with Gasteiger partial charge in [0.25, 0.3) is 0 Å². The first-order chi connectivity index (χ1) is 12.2. The first-order valence-corrected chi connectivity index (χ1v) is 9.94. The fourth-order valence-electron chi connectivity index (χ4n) is 4.02. The number of likely N-dealkylation sites (tertiary alicyclic amines) is 1. The third-order valence-electron chi connectivity index (χ3n) is 5.47. The van der Waals surface area contributed by atoms with Crippen molar-refractivity contribution in [3.05, 3.63) is 57.8 Å². The second-order valence-corrected chi connectivity index (χ2v) is 8.13. The van der Waals surface area contributed by atoms with Gasteiger partial charge in [-0.05, 0) is 29.0 Å². The lowest BCUT2D eigenvalue weighted by atomic mass is 9.95. The molecule has 0 unspecified atom stereocenters. The molecule has 2 aliphatic rings. The number of hydrogen-bond donors (Lipinski definition) is 1. The Morgan fingerprint density at radius 3 is 2.81 bits per heavy atom. The van der Waals surface area contributed by atoms with E-state index in [0.717, 1.165) is 39.1 Å². The number of hydrogen-bond acceptors (Lipinski definition) is 4. The number of halogens is 1. The van der Waals surface area contributed by atoms with Gasteiger partial charge in [0, 0.05) is 56.0 Å². The second-order valence-electron chi connectivity index (χ2n) is 7.12. The van der Waals surface area contributed by atoms with E-state index in [2.05, 4.69) is 40.6 Å². The Kier molecular flexibility index (Phi) is 6.35. The molecule has 0 aliphatic carbocycles. The molecule has 26 heavy (non-hydrogen) atoms. The summed E-state index contributed by atoms with van der Waals surface area (Å²) < 4.78 is 0. The van der Waals surface area contributed by atoms with E-state index in [-0.39, 0.29) is 24.4 Å². The van der Waals surface area contributed by atoms with Crippen LogP contribution in [0.15, 0.2) is 41.8 Å². The van der Waals surface area contributed by atoms with Crippen LogP contribution in [0.3, 0.4) is 0 Å². The lowest BCUT2D eigenvalue weighted by Gasteiger charge is -2.28. The molecule has 1 saturated heterocycles. The Balaban J connectivity index is 0.00000196. The standard InChI is InChI=1S/C20H25N3OS.ClH/c21-18-14-22(13-17(18)15-4-2-1-3-5-15)9-7-20(24)23-10-6-19-16(12-23)8-11-25-19;/h1-5,8,11,17-18H,6-7,9-10,12-14,21H2;1H/t17-,18+;/m0./s1. The van der Waals surface area contributed by atoms with Crippen LogP contribution >= 0.6 is 23.7 Å². The van der Waals surface area contributed by atoms with Gasteiger partial charge >= 0.3 is 0 Å². The molecule has 0 radical (unpaired) electrons. The van der Waals surface area contributed by atoms with Gasteiger partial charge in [-0.3, -0.25) is 4.79 Å². The monoisotopic (exact) mass is 391 g/mol. The molecule has 2 N–H and O–H groups in total. The maximum Gasteiger partial charge on any atom is 0.224 e. The van der Waals surface area contributed by atoms with Gasteiger partial charge in [-0.2, -0.15) is 0 Å². The predicted molar refractivity (Wildman–Crippen MR) is 109 cm³/mol. The average molecular weight is 392 g/mol. The number of rotatable bonds is 4. The van der Waals surface area contributed by atoms with Gasteiger partial charge in [-0.25, -0.2) is 0 Å². The van der Waals surface area contributed by atoms with Crippen LogP contribution in [0.1, 0.15) is 28.3 Å². The van der Waals surface area contributed by atoms with Gasteiger partial charge < -0.3 is 15.5 Å². The van der Waals surface area contributed by atoms with E-state index in [4.69, 9.17) is 5.73 Å². The van der Waals surface area contributed by atoms with E-state index in [1.54, 1.807) is 0 Å². The number of carbonyl (C=O) groups excluding carboxylic acids is 1. The molecular formula is C20H26ClN3OS. The Hall–Kier alpha value is -1.40. The van der Waals surface area contributed by atoms with Crippen LogP contribution in [0.2, 0.25) is 0 Å². The summed E-state index contributed by atoms with van der Waals surface area (Å²) in [4.78, 5) is 18.4. The Labute approximate surface area is 165 Å². The molecule has 6 heteroatoms. The number of nitrogens with zero attached hydrogens (tertiary/aromatic N) is 2. The number of carbonyl (C=O) groups is 1. The molecule has 1 amide bonds. The summed E-state index contributed by atoms with van der Waals surface area (Å²) in [5.74, 6) is 0.647. The molecule has 4 rings (SSSR count). The van der Waals surface area contributed by atoms with E-state index in [1.807, 2.05) is 22.3 Å². The zero-order valence-corrected chi connectivity index (χ0v) is 16.5. The van der Waals surface area contributed by atoms with Crippen molar-refractivity contribution in [3.63, 3.8) is 0 Å². The van der Waals surface area contributed by atoms with Gasteiger partial charge in [0.2, 0.25) is 5.91 Å². The minimum Gasteiger partial charge on any atom is -0.338 e. The van der Waals surface area contributed by atoms with Crippen LogP contribution in [0.5, 0.6) is 0 Å². The zero-order valence-electron chi connectivity index (χ0n) is 14.8. The number of thiophene rings is 1. The SMILES string of the molecule is Cl.N[C@@H]1CN(CCC(=O)N2CCc3sccc3C2)C[C@H]1c1ccccc1. The molecule has 1 aromatic carbocycles. The van der Waals surface area contributed by atoms with Crippen molar-refractivity contribution in [2.45, 2.75) is 31.3 Å². The fraction of sp³-hybridized carbons (Fsp3) is 0.450. The Morgan fingerprint density at radius 1 is 1.19 bits per heavy atom. The number of benzene rings is 1. The summed E-state index contributed by atoms with van der Waals surface area (Å²) in [6.45, 7) is 4.28. The maximum absolute atomic E-state index is 12.6. The van der Waals surface area contributed by atoms with Crippen molar-refractivity contribution in [1.29, 1.82) is 0 Å². The van der Waals surface area contributed by atoms with Crippen LogP contribution in [0, 0.1) is 0 Å². The lowest BCUT2D eigenvalue weighted by Crippen LogP contribution is -2.37. The van der Waals surface area contributed by atoms with Crippen molar-refractivity contribution in [2.75, 3.05) is 26.2 Å². The third-order valence-corrected chi connectivity index (χ3v) is 6.49. The van der Waals surface area contributed by atoms with Crippen molar-refractivity contribution < 1.29 is 4.79 Å². The summed E-state index contributed by atoms with van der Waals surface area (Å²) in [5, 5.41) is 2.13. The highest BCUT2D eigenvalue weighted by molar-refractivity contribution is 7.10. The van der Waals surface area contributed by atoms with Crippen molar-refractivity contribution >= 4 is 29.7 Å². The normalized spacial score (nSPS) is 22.7. The van der Waals surface area contributed by atoms with Gasteiger partial charge in [0.1, 0.15) is 0 Å². The highest BCUT2D eigenvalue weighted by Crippen LogP contribution is 2.27. The second kappa shape index (κ2) is 8.53. The molecule has 1 aromatic heterocycles. The first kappa shape index (κ1) is 19.4. The average Bonchev–Trinajstić information content (AvgIpc) is 3.26. The molecular weight excluding hydrogens is 366 g/mol. The van der Waals surface area contributed by atoms with E-state index in [9.17, 15) is 4.79 Å². The van der Waals surface area contributed by atoms with Crippen LogP contribution in [0.4, 0.5) is 0 Å². The number of amides is 1. The molecule has 4 nitrogen and oxygen atoms in total. The van der Waals surface area contributed by atoms with Gasteiger partial charge in [0.15, 0.2) is 0 Å². The lowest BCUT2D eigenvalue weighted by molar-refractivity contribution is -0.132. The quantitative estimate of drug-likeness (QED) is 0.871. The van der Waals surface area contributed by atoms with Gasteiger partial charge in [-0.15, -0.1) is 23.7 Å². The molecule has 3 heterocycles. The largest absolute Gasteiger partial charge is 0.338 e. The molecule has 2 aromatic rings. The third kappa shape index (κ3) is 4.12. The Bertz CT molecular complexity index is 736. The van der Waals surface area contributed by atoms with E-state index in [1.165, 1.54) is 16.0 Å². The summed E-state index contributed by atoms with van der Waals surface area (Å²) in [6, 6.07) is 12.8. The van der Waals surface area contributed by atoms with Crippen molar-refractivity contribution in [2.24, 2.45) is 5.73 Å². The van der Waals surface area contributed by atoms with Crippen molar-refractivity contribution in [1.82, 2.24) is 9.80 Å². The Morgan fingerprint density at radius 2 is 2.00 bits per heavy atom. The topological polar surface area (TPSA) is 49.6 Å². The minimum atomic E-state index is 0. The summed E-state index contributed by atoms with van der Waals surface area (Å²) in [6.07, 6.45) is 1.59. The smallest absolute Gasteiger partial charge is 0.224 e. The molecule has 0 bridgehead atoms. The van der Waals surface area contributed by atoms with Crippen LogP contribution in [-0.2, 0) is 17.8 Å². The molecule has 0 saturated carbocycles. The predicted octanol–water partition coefficient (Wildman–Crippen LogP) is 2.87. The van der Waals surface area contributed by atoms with Crippen LogP contribution in [-0.4, -0.2) is 47.9 Å². The van der Waals surface area contributed by atoms with Crippen LogP contribution in [0.25, 0.3) is 0 Å². The highest BCUT2D eigenvalue weighted by atomic mass is 35.5. The number of fused-ring (bicyclic) bond motifs is 1. The molecule has 2 atom stereocenters.